The van der Waals surface area contributed by atoms with Gasteiger partial charge in [0.2, 0.25) is 5.91 Å². The molecular formula is C23H33N3O. The number of carbonyl (C=O) groups is 1. The van der Waals surface area contributed by atoms with Crippen LogP contribution in [0.15, 0.2) is 18.2 Å². The first-order valence-electron chi connectivity index (χ1n) is 10.2. The fourth-order valence-corrected chi connectivity index (χ4v) is 4.15. The van der Waals surface area contributed by atoms with Crippen LogP contribution in [0.2, 0.25) is 0 Å². The molecule has 4 heteroatoms. The highest BCUT2D eigenvalue weighted by molar-refractivity contribution is 5.80. The zero-order chi connectivity index (χ0) is 19.7. The van der Waals surface area contributed by atoms with Crippen LogP contribution in [0.4, 0.5) is 0 Å². The molecule has 0 spiro atoms. The van der Waals surface area contributed by atoms with E-state index in [1.807, 2.05) is 6.92 Å². The first-order valence-corrected chi connectivity index (χ1v) is 10.2. The number of aromatic nitrogens is 2. The van der Waals surface area contributed by atoms with Crippen molar-refractivity contribution in [2.75, 3.05) is 6.54 Å². The normalized spacial score (nSPS) is 17.1. The number of rotatable bonds is 5. The third-order valence-electron chi connectivity index (χ3n) is 5.89. The SMILES string of the molecule is Cc1ccc(C2CCCN2C(=O)Cc2c(C)nn(CC(C)C)c2C)cc1C. The Labute approximate surface area is 163 Å². The zero-order valence-electron chi connectivity index (χ0n) is 17.7. The predicted octanol–water partition coefficient (Wildman–Crippen LogP) is 4.68. The van der Waals surface area contributed by atoms with Crippen molar-refractivity contribution in [3.8, 4) is 0 Å². The molecule has 2 heterocycles. The predicted molar refractivity (Wildman–Crippen MR) is 110 cm³/mol. The molecule has 146 valence electrons. The van der Waals surface area contributed by atoms with E-state index in [0.717, 1.165) is 42.9 Å². The Hall–Kier alpha value is -2.10. The second-order valence-electron chi connectivity index (χ2n) is 8.49. The smallest absolute Gasteiger partial charge is 0.227 e. The van der Waals surface area contributed by atoms with Crippen LogP contribution in [0.5, 0.6) is 0 Å². The Morgan fingerprint density at radius 3 is 2.59 bits per heavy atom. The van der Waals surface area contributed by atoms with Gasteiger partial charge in [0.05, 0.1) is 18.2 Å². The van der Waals surface area contributed by atoms with Gasteiger partial charge < -0.3 is 4.90 Å². The van der Waals surface area contributed by atoms with Crippen molar-refractivity contribution in [1.29, 1.82) is 0 Å². The second kappa shape index (κ2) is 7.87. The van der Waals surface area contributed by atoms with E-state index >= 15 is 0 Å². The lowest BCUT2D eigenvalue weighted by Crippen LogP contribution is -2.32. The van der Waals surface area contributed by atoms with Crippen LogP contribution in [0, 0.1) is 33.6 Å². The van der Waals surface area contributed by atoms with Crippen LogP contribution in [0.1, 0.15) is 66.4 Å². The average molecular weight is 368 g/mol. The van der Waals surface area contributed by atoms with Crippen molar-refractivity contribution in [3.05, 3.63) is 51.8 Å². The minimum absolute atomic E-state index is 0.211. The molecule has 27 heavy (non-hydrogen) atoms. The molecule has 2 aromatic rings. The monoisotopic (exact) mass is 367 g/mol. The lowest BCUT2D eigenvalue weighted by molar-refractivity contribution is -0.131. The van der Waals surface area contributed by atoms with E-state index in [-0.39, 0.29) is 11.9 Å². The van der Waals surface area contributed by atoms with E-state index in [4.69, 9.17) is 0 Å². The molecule has 1 saturated heterocycles. The summed E-state index contributed by atoms with van der Waals surface area (Å²) in [4.78, 5) is 15.3. The van der Waals surface area contributed by atoms with Gasteiger partial charge in [-0.2, -0.15) is 5.10 Å². The molecule has 0 radical (unpaired) electrons. The van der Waals surface area contributed by atoms with Crippen LogP contribution < -0.4 is 0 Å². The number of carbonyl (C=O) groups excluding carboxylic acids is 1. The van der Waals surface area contributed by atoms with Gasteiger partial charge in [-0.3, -0.25) is 9.48 Å². The highest BCUT2D eigenvalue weighted by Crippen LogP contribution is 2.33. The van der Waals surface area contributed by atoms with Gasteiger partial charge >= 0.3 is 0 Å². The summed E-state index contributed by atoms with van der Waals surface area (Å²) in [5.41, 5.74) is 7.10. The van der Waals surface area contributed by atoms with Crippen LogP contribution in [0.3, 0.4) is 0 Å². The minimum atomic E-state index is 0.211. The molecule has 0 saturated carbocycles. The molecule has 0 aliphatic carbocycles. The lowest BCUT2D eigenvalue weighted by atomic mass is 9.99. The summed E-state index contributed by atoms with van der Waals surface area (Å²) in [6.07, 6.45) is 2.59. The van der Waals surface area contributed by atoms with Crippen molar-refractivity contribution in [2.45, 2.75) is 73.4 Å². The molecule has 0 bridgehead atoms. The summed E-state index contributed by atoms with van der Waals surface area (Å²) in [7, 11) is 0. The largest absolute Gasteiger partial charge is 0.335 e. The number of amides is 1. The van der Waals surface area contributed by atoms with Gasteiger partial charge in [0.25, 0.3) is 0 Å². The summed E-state index contributed by atoms with van der Waals surface area (Å²) in [6, 6.07) is 6.83. The molecule has 1 atom stereocenters. The van der Waals surface area contributed by atoms with Crippen molar-refractivity contribution >= 4 is 5.91 Å². The fourth-order valence-electron chi connectivity index (χ4n) is 4.15. The zero-order valence-corrected chi connectivity index (χ0v) is 17.7. The van der Waals surface area contributed by atoms with Crippen molar-refractivity contribution in [2.24, 2.45) is 5.92 Å². The highest BCUT2D eigenvalue weighted by atomic mass is 16.2. The van der Waals surface area contributed by atoms with Gasteiger partial charge in [-0.15, -0.1) is 0 Å². The molecule has 1 fully saturated rings. The molecule has 1 aromatic carbocycles. The number of benzene rings is 1. The number of nitrogens with zero attached hydrogens (tertiary/aromatic N) is 3. The van der Waals surface area contributed by atoms with E-state index in [2.05, 4.69) is 67.5 Å². The summed E-state index contributed by atoms with van der Waals surface area (Å²) in [6.45, 7) is 14.5. The van der Waals surface area contributed by atoms with Gasteiger partial charge in [0.1, 0.15) is 0 Å². The molecule has 1 aliphatic heterocycles. The van der Waals surface area contributed by atoms with Crippen LogP contribution in [0.25, 0.3) is 0 Å². The van der Waals surface area contributed by atoms with Crippen molar-refractivity contribution in [3.63, 3.8) is 0 Å². The Morgan fingerprint density at radius 1 is 1.19 bits per heavy atom. The van der Waals surface area contributed by atoms with E-state index in [0.29, 0.717) is 12.3 Å². The third-order valence-corrected chi connectivity index (χ3v) is 5.89. The van der Waals surface area contributed by atoms with Gasteiger partial charge in [-0.05, 0) is 63.1 Å². The van der Waals surface area contributed by atoms with Crippen molar-refractivity contribution in [1.82, 2.24) is 14.7 Å². The maximum absolute atomic E-state index is 13.2. The topological polar surface area (TPSA) is 38.1 Å². The third kappa shape index (κ3) is 4.10. The summed E-state index contributed by atoms with van der Waals surface area (Å²) >= 11 is 0. The van der Waals surface area contributed by atoms with E-state index in [9.17, 15) is 4.79 Å². The second-order valence-corrected chi connectivity index (χ2v) is 8.49. The van der Waals surface area contributed by atoms with Crippen LogP contribution in [-0.4, -0.2) is 27.1 Å². The summed E-state index contributed by atoms with van der Waals surface area (Å²) < 4.78 is 2.06. The van der Waals surface area contributed by atoms with E-state index in [1.54, 1.807) is 0 Å². The molecule has 1 unspecified atom stereocenters. The van der Waals surface area contributed by atoms with Crippen LogP contribution >= 0.6 is 0 Å². The number of hydrogen-bond acceptors (Lipinski definition) is 2. The Balaban J connectivity index is 1.79. The number of aryl methyl sites for hydroxylation is 3. The molecule has 1 aromatic heterocycles. The molecule has 1 amide bonds. The maximum Gasteiger partial charge on any atom is 0.227 e. The highest BCUT2D eigenvalue weighted by Gasteiger charge is 2.31. The number of hydrogen-bond donors (Lipinski definition) is 0. The first-order chi connectivity index (χ1) is 12.8. The fraction of sp³-hybridized carbons (Fsp3) is 0.565. The Morgan fingerprint density at radius 2 is 1.93 bits per heavy atom. The molecular weight excluding hydrogens is 334 g/mol. The minimum Gasteiger partial charge on any atom is -0.335 e. The van der Waals surface area contributed by atoms with Crippen molar-refractivity contribution < 1.29 is 4.79 Å². The van der Waals surface area contributed by atoms with Gasteiger partial charge in [-0.1, -0.05) is 32.0 Å². The Kier molecular flexibility index (Phi) is 5.73. The lowest BCUT2D eigenvalue weighted by Gasteiger charge is -2.26. The summed E-state index contributed by atoms with van der Waals surface area (Å²) in [5, 5.41) is 4.67. The Bertz CT molecular complexity index is 834. The quantitative estimate of drug-likeness (QED) is 0.769. The number of likely N-dealkylation sites (tertiary alicyclic amines) is 1. The van der Waals surface area contributed by atoms with Gasteiger partial charge in [0.15, 0.2) is 0 Å². The van der Waals surface area contributed by atoms with E-state index in [1.165, 1.54) is 16.7 Å². The maximum atomic E-state index is 13.2. The first kappa shape index (κ1) is 19.7. The molecule has 0 N–H and O–H groups in total. The van der Waals surface area contributed by atoms with E-state index < -0.39 is 0 Å². The molecule has 3 rings (SSSR count). The standard InChI is InChI=1S/C23H33N3O/c1-15(2)14-26-19(6)21(18(5)24-26)13-23(27)25-11-7-8-22(25)20-10-9-16(3)17(4)12-20/h9-10,12,15,22H,7-8,11,13-14H2,1-6H3. The van der Waals surface area contributed by atoms with Gasteiger partial charge in [0, 0.05) is 24.3 Å². The molecule has 4 nitrogen and oxygen atoms in total. The summed E-state index contributed by atoms with van der Waals surface area (Å²) in [5.74, 6) is 0.769. The van der Waals surface area contributed by atoms with Gasteiger partial charge in [-0.25, -0.2) is 0 Å². The van der Waals surface area contributed by atoms with Crippen LogP contribution in [-0.2, 0) is 17.8 Å². The average Bonchev–Trinajstić information content (AvgIpc) is 3.18. The molecule has 1 aliphatic rings.